The number of rotatable bonds is 5. The number of esters is 1. The van der Waals surface area contributed by atoms with E-state index in [2.05, 4.69) is 18.0 Å². The first-order valence-electron chi connectivity index (χ1n) is 14.4. The Morgan fingerprint density at radius 1 is 1.32 bits per heavy atom. The van der Waals surface area contributed by atoms with E-state index in [0.29, 0.717) is 48.8 Å². The van der Waals surface area contributed by atoms with E-state index in [4.69, 9.17) is 15.5 Å². The van der Waals surface area contributed by atoms with Crippen LogP contribution in [-0.4, -0.2) is 44.6 Å². The summed E-state index contributed by atoms with van der Waals surface area (Å²) in [5.74, 6) is -1.01. The Kier molecular flexibility index (Phi) is 6.58. The molecule has 6 rings (SSSR count). The maximum Gasteiger partial charge on any atom is 0.306 e. The van der Waals surface area contributed by atoms with Crippen LogP contribution < -0.4 is 5.73 Å². The molecule has 3 N–H and O–H groups in total. The molecule has 0 saturated heterocycles. The molecule has 7 nitrogen and oxygen atoms in total. The molecule has 0 spiro atoms. The summed E-state index contributed by atoms with van der Waals surface area (Å²) in [6, 6.07) is 1.96. The van der Waals surface area contributed by atoms with Crippen molar-refractivity contribution in [2.45, 2.75) is 83.8 Å². The van der Waals surface area contributed by atoms with Crippen molar-refractivity contribution in [1.29, 1.82) is 0 Å². The Morgan fingerprint density at radius 3 is 2.76 bits per heavy atom. The Hall–Kier alpha value is -2.59. The number of ether oxygens (including phenoxy) is 1. The van der Waals surface area contributed by atoms with Crippen molar-refractivity contribution in [3.8, 4) is 0 Å². The summed E-state index contributed by atoms with van der Waals surface area (Å²) < 4.78 is 32.8. The number of hydrogen-bond acceptors (Lipinski definition) is 8. The number of alkyl halides is 1. The first-order valence-corrected chi connectivity index (χ1v) is 15.4. The Morgan fingerprint density at radius 2 is 2.10 bits per heavy atom. The molecule has 220 valence electrons. The largest absolute Gasteiger partial charge is 0.449 e. The van der Waals surface area contributed by atoms with E-state index in [9.17, 15) is 23.5 Å². The van der Waals surface area contributed by atoms with Crippen molar-refractivity contribution in [3.63, 3.8) is 0 Å². The van der Waals surface area contributed by atoms with Crippen LogP contribution in [0.25, 0.3) is 0 Å². The van der Waals surface area contributed by atoms with Gasteiger partial charge in [0.2, 0.25) is 11.1 Å². The first-order chi connectivity index (χ1) is 19.5. The second-order valence-corrected chi connectivity index (χ2v) is 13.8. The van der Waals surface area contributed by atoms with E-state index in [1.807, 2.05) is 6.92 Å². The van der Waals surface area contributed by atoms with Gasteiger partial charge in [0.05, 0.1) is 23.7 Å². The van der Waals surface area contributed by atoms with E-state index >= 15 is 0 Å². The van der Waals surface area contributed by atoms with Gasteiger partial charge in [-0.05, 0) is 98.0 Å². The molecule has 0 radical (unpaired) electrons. The smallest absolute Gasteiger partial charge is 0.306 e. The highest BCUT2D eigenvalue weighted by Gasteiger charge is 2.88. The van der Waals surface area contributed by atoms with Gasteiger partial charge in [0, 0.05) is 22.7 Å². The number of allylic oxidation sites excluding steroid dienone is 3. The number of halogens is 2. The van der Waals surface area contributed by atoms with Gasteiger partial charge in [-0.3, -0.25) is 9.59 Å². The lowest BCUT2D eigenvalue weighted by atomic mass is 9.45. The van der Waals surface area contributed by atoms with Gasteiger partial charge in [0.1, 0.15) is 6.01 Å². The highest BCUT2D eigenvalue weighted by atomic mass is 32.2. The Balaban J connectivity index is 1.41. The minimum atomic E-state index is -1.46. The number of carbonyl (C=O) groups excluding carboxylic acids is 2. The third-order valence-electron chi connectivity index (χ3n) is 11.7. The van der Waals surface area contributed by atoms with Gasteiger partial charge in [0.25, 0.3) is 0 Å². The van der Waals surface area contributed by atoms with Crippen molar-refractivity contribution in [1.82, 2.24) is 4.98 Å². The Labute approximate surface area is 243 Å². The highest BCUT2D eigenvalue weighted by Crippen LogP contribution is 2.90. The molecule has 7 unspecified atom stereocenters. The number of aliphatic imine (C=N–C) groups is 1. The Bertz CT molecular complexity index is 1400. The fourth-order valence-corrected chi connectivity index (χ4v) is 10.6. The number of aromatic nitrogens is 1. The minimum absolute atomic E-state index is 0.0382. The number of carbonyl (C=O) groups is 2. The zero-order chi connectivity index (χ0) is 29.4. The van der Waals surface area contributed by atoms with Crippen molar-refractivity contribution in [3.05, 3.63) is 47.7 Å². The van der Waals surface area contributed by atoms with Crippen LogP contribution in [0.5, 0.6) is 0 Å². The fourth-order valence-electron chi connectivity index (χ4n) is 9.89. The summed E-state index contributed by atoms with van der Waals surface area (Å²) in [4.78, 5) is 34.6. The van der Waals surface area contributed by atoms with Crippen LogP contribution in [0.3, 0.4) is 0 Å². The van der Waals surface area contributed by atoms with Crippen molar-refractivity contribution in [2.24, 2.45) is 38.3 Å². The van der Waals surface area contributed by atoms with E-state index in [1.165, 1.54) is 17.8 Å². The molecule has 4 saturated carbocycles. The van der Waals surface area contributed by atoms with Gasteiger partial charge in [-0.15, -0.1) is 0 Å². The average molecular weight is 586 g/mol. The molecule has 1 aromatic heterocycles. The van der Waals surface area contributed by atoms with Gasteiger partial charge >= 0.3 is 5.97 Å². The zero-order valence-corrected chi connectivity index (χ0v) is 24.5. The normalized spacial score (nSPS) is 42.5. The molecule has 5 aliphatic rings. The molecule has 5 aliphatic carbocycles. The maximum absolute atomic E-state index is 13.5. The molecule has 0 aromatic carbocycles. The summed E-state index contributed by atoms with van der Waals surface area (Å²) in [5, 5.41) is 11.7. The number of thioether (sulfide) groups is 1. The summed E-state index contributed by atoms with van der Waals surface area (Å²) >= 11 is 0.565. The SMILES string of the molecule is CCC(=O)OC1(C(=O)SCF)CCC2C1(C)CC(O)C13CC21CCC1=CC(=Nc2ccc(F)nc2)C(=CN)CC13C. The van der Waals surface area contributed by atoms with Crippen LogP contribution >= 0.6 is 11.8 Å². The van der Waals surface area contributed by atoms with Crippen LogP contribution in [0.4, 0.5) is 14.5 Å². The quantitative estimate of drug-likeness (QED) is 0.336. The molecule has 0 aliphatic heterocycles. The van der Waals surface area contributed by atoms with Gasteiger partial charge in [-0.25, -0.2) is 14.4 Å². The number of aliphatic hydroxyl groups is 1. The second-order valence-electron chi connectivity index (χ2n) is 12.9. The predicted molar refractivity (Wildman–Crippen MR) is 152 cm³/mol. The molecular formula is C31H37F2N3O4S. The number of hydrogen-bond donors (Lipinski definition) is 2. The lowest BCUT2D eigenvalue weighted by molar-refractivity contribution is -0.196. The number of nitrogens with zero attached hydrogens (tertiary/aromatic N) is 2. The zero-order valence-electron chi connectivity index (χ0n) is 23.7. The summed E-state index contributed by atoms with van der Waals surface area (Å²) in [6.07, 6.45) is 8.75. The number of fused-ring (bicyclic) bond motifs is 2. The van der Waals surface area contributed by atoms with Gasteiger partial charge in [0.15, 0.2) is 5.60 Å². The van der Waals surface area contributed by atoms with Crippen molar-refractivity contribution in [2.75, 3.05) is 6.01 Å². The standard InChI is InChI=1S/C31H37F2N3O4S/c1-4-25(38)40-31(26(39)41-17-32)10-8-22-28(31,3)13-23(37)30-16-29(22,30)9-7-19-11-21(18(14-34)12-27(19,30)2)36-20-5-6-24(33)35-15-20/h5-6,11,14-15,22-23,37H,4,7-10,12-13,16-17,34H2,1-3H3. The molecule has 4 fully saturated rings. The highest BCUT2D eigenvalue weighted by molar-refractivity contribution is 8.13. The third-order valence-corrected chi connectivity index (χ3v) is 12.4. The van der Waals surface area contributed by atoms with Crippen LogP contribution in [0.2, 0.25) is 0 Å². The third kappa shape index (κ3) is 3.58. The monoisotopic (exact) mass is 585 g/mol. The maximum atomic E-state index is 13.5. The van der Waals surface area contributed by atoms with Crippen molar-refractivity contribution < 1.29 is 28.2 Å². The van der Waals surface area contributed by atoms with E-state index in [1.54, 1.807) is 19.2 Å². The van der Waals surface area contributed by atoms with Crippen molar-refractivity contribution >= 4 is 34.2 Å². The molecule has 41 heavy (non-hydrogen) atoms. The number of pyridine rings is 1. The first kappa shape index (κ1) is 28.5. The number of aliphatic hydroxyl groups excluding tert-OH is 1. The lowest BCUT2D eigenvalue weighted by Gasteiger charge is -2.60. The minimum Gasteiger partial charge on any atom is -0.449 e. The van der Waals surface area contributed by atoms with Gasteiger partial charge in [-0.1, -0.05) is 26.3 Å². The molecule has 1 aromatic rings. The van der Waals surface area contributed by atoms with Crippen LogP contribution in [0.1, 0.15) is 72.1 Å². The van der Waals surface area contributed by atoms with Crippen LogP contribution in [-0.2, 0) is 14.3 Å². The molecule has 0 amide bonds. The van der Waals surface area contributed by atoms with Crippen LogP contribution in [0, 0.1) is 33.5 Å². The second kappa shape index (κ2) is 9.46. The molecule has 7 atom stereocenters. The molecular weight excluding hydrogens is 548 g/mol. The van der Waals surface area contributed by atoms with Crippen LogP contribution in [0.15, 0.2) is 46.7 Å². The van der Waals surface area contributed by atoms with E-state index < -0.39 is 45.6 Å². The molecule has 0 bridgehead atoms. The van der Waals surface area contributed by atoms with E-state index in [-0.39, 0.29) is 23.2 Å². The average Bonchev–Trinajstić information content (AvgIpc) is 3.59. The lowest BCUT2D eigenvalue weighted by Crippen LogP contribution is -2.62. The topological polar surface area (TPSA) is 115 Å². The van der Waals surface area contributed by atoms with E-state index in [0.717, 1.165) is 24.8 Å². The molecule has 10 heteroatoms. The van der Waals surface area contributed by atoms with Gasteiger partial charge < -0.3 is 15.6 Å². The molecule has 1 heterocycles. The summed E-state index contributed by atoms with van der Waals surface area (Å²) in [7, 11) is 0. The fraction of sp³-hybridized carbons (Fsp3) is 0.613. The predicted octanol–water partition coefficient (Wildman–Crippen LogP) is 5.70. The summed E-state index contributed by atoms with van der Waals surface area (Å²) in [6.45, 7) is 5.88. The number of nitrogens with two attached hydrogens (primary N) is 1. The van der Waals surface area contributed by atoms with Gasteiger partial charge in [-0.2, -0.15) is 4.39 Å². The summed E-state index contributed by atoms with van der Waals surface area (Å²) in [5.41, 5.74) is 6.14.